The van der Waals surface area contributed by atoms with Crippen LogP contribution in [-0.2, 0) is 10.8 Å². The van der Waals surface area contributed by atoms with Crippen molar-refractivity contribution in [2.75, 3.05) is 0 Å². The van der Waals surface area contributed by atoms with Gasteiger partial charge in [0.15, 0.2) is 0 Å². The van der Waals surface area contributed by atoms with Crippen LogP contribution in [-0.4, -0.2) is 5.11 Å². The van der Waals surface area contributed by atoms with E-state index in [0.717, 1.165) is 11.1 Å². The number of benzene rings is 1. The van der Waals surface area contributed by atoms with E-state index in [4.69, 9.17) is 0 Å². The van der Waals surface area contributed by atoms with Crippen molar-refractivity contribution in [3.05, 3.63) is 34.4 Å². The quantitative estimate of drug-likeness (QED) is 0.715. The molecule has 1 heteroatoms. The summed E-state index contributed by atoms with van der Waals surface area (Å²) in [5, 5.41) is 10.5. The molecule has 0 aliphatic heterocycles. The Bertz CT molecular complexity index is 490. The lowest BCUT2D eigenvalue weighted by atomic mass is 9.79. The van der Waals surface area contributed by atoms with Gasteiger partial charge >= 0.3 is 0 Å². The molecule has 19 heavy (non-hydrogen) atoms. The third kappa shape index (κ3) is 3.86. The monoisotopic (exact) mass is 260 g/mol. The summed E-state index contributed by atoms with van der Waals surface area (Å²) in [5.74, 6) is 0.418. The summed E-state index contributed by atoms with van der Waals surface area (Å²) in [6, 6.07) is 4.26. The predicted octanol–water partition coefficient (Wildman–Crippen LogP) is 5.41. The van der Waals surface area contributed by atoms with Crippen molar-refractivity contribution in [3.63, 3.8) is 0 Å². The van der Waals surface area contributed by atoms with Crippen LogP contribution >= 0.6 is 0 Å². The van der Waals surface area contributed by atoms with E-state index in [-0.39, 0.29) is 10.8 Å². The lowest BCUT2D eigenvalue weighted by Gasteiger charge is -2.27. The second-order valence-electron chi connectivity index (χ2n) is 7.68. The molecule has 1 rings (SSSR count). The van der Waals surface area contributed by atoms with E-state index in [1.54, 1.807) is 0 Å². The average Bonchev–Trinajstić information content (AvgIpc) is 2.16. The molecule has 0 fully saturated rings. The van der Waals surface area contributed by atoms with Gasteiger partial charge in [-0.3, -0.25) is 0 Å². The number of rotatable bonds is 1. The lowest BCUT2D eigenvalue weighted by Crippen LogP contribution is -2.17. The van der Waals surface area contributed by atoms with E-state index < -0.39 is 0 Å². The molecule has 0 heterocycles. The van der Waals surface area contributed by atoms with Crippen LogP contribution in [0.4, 0.5) is 0 Å². The molecule has 0 spiro atoms. The van der Waals surface area contributed by atoms with Gasteiger partial charge < -0.3 is 5.11 Å². The summed E-state index contributed by atoms with van der Waals surface area (Å²) in [6.07, 6.45) is 2.06. The molecule has 1 nitrogen and oxygen atoms in total. The van der Waals surface area contributed by atoms with Gasteiger partial charge in [0.05, 0.1) is 0 Å². The summed E-state index contributed by atoms with van der Waals surface area (Å²) >= 11 is 0. The summed E-state index contributed by atoms with van der Waals surface area (Å²) in [6.45, 7) is 17.1. The van der Waals surface area contributed by atoms with Crippen LogP contribution in [0, 0.1) is 0 Å². The highest BCUT2D eigenvalue weighted by Crippen LogP contribution is 2.38. The number of aromatic hydroxyl groups is 1. The highest BCUT2D eigenvalue weighted by atomic mass is 16.3. The highest BCUT2D eigenvalue weighted by molar-refractivity contribution is 5.64. The van der Waals surface area contributed by atoms with Gasteiger partial charge in [-0.1, -0.05) is 59.3 Å². The maximum atomic E-state index is 10.5. The number of phenolic OH excluding ortho intramolecular Hbond substituents is 1. The van der Waals surface area contributed by atoms with E-state index >= 15 is 0 Å². The van der Waals surface area contributed by atoms with Gasteiger partial charge in [0.1, 0.15) is 5.75 Å². The molecule has 0 saturated heterocycles. The summed E-state index contributed by atoms with van der Waals surface area (Å²) in [5.41, 5.74) is 4.43. The Balaban J connectivity index is 3.62. The fourth-order valence-electron chi connectivity index (χ4n) is 2.08. The fraction of sp³-hybridized carbons (Fsp3) is 0.556. The van der Waals surface area contributed by atoms with E-state index in [2.05, 4.69) is 73.6 Å². The van der Waals surface area contributed by atoms with Gasteiger partial charge in [-0.2, -0.15) is 0 Å². The molecule has 0 aliphatic rings. The van der Waals surface area contributed by atoms with Crippen molar-refractivity contribution in [1.29, 1.82) is 0 Å². The fourth-order valence-corrected chi connectivity index (χ4v) is 2.08. The second-order valence-corrected chi connectivity index (χ2v) is 7.68. The minimum atomic E-state index is -0.0599. The molecular weight excluding hydrogens is 232 g/mol. The molecule has 1 aromatic rings. The number of hydrogen-bond acceptors (Lipinski definition) is 1. The van der Waals surface area contributed by atoms with Crippen LogP contribution in [0.3, 0.4) is 0 Å². The van der Waals surface area contributed by atoms with Crippen molar-refractivity contribution in [2.45, 2.75) is 66.2 Å². The first-order chi connectivity index (χ1) is 8.43. The normalized spacial score (nSPS) is 12.4. The van der Waals surface area contributed by atoms with E-state index in [1.165, 1.54) is 11.1 Å². The Labute approximate surface area is 118 Å². The number of phenols is 1. The third-order valence-electron chi connectivity index (χ3n) is 3.26. The van der Waals surface area contributed by atoms with Crippen molar-refractivity contribution in [1.82, 2.24) is 0 Å². The van der Waals surface area contributed by atoms with E-state index in [0.29, 0.717) is 5.75 Å². The largest absolute Gasteiger partial charge is 0.507 e. The molecule has 0 aliphatic carbocycles. The maximum absolute atomic E-state index is 10.5. The third-order valence-corrected chi connectivity index (χ3v) is 3.26. The Morgan fingerprint density at radius 1 is 0.947 bits per heavy atom. The van der Waals surface area contributed by atoms with Gasteiger partial charge in [-0.05, 0) is 36.3 Å². The zero-order valence-electron chi connectivity index (χ0n) is 13.7. The molecule has 0 saturated carbocycles. The summed E-state index contributed by atoms with van der Waals surface area (Å²) in [4.78, 5) is 0. The molecule has 106 valence electrons. The summed E-state index contributed by atoms with van der Waals surface area (Å²) < 4.78 is 0. The number of hydrogen-bond donors (Lipinski definition) is 1. The Morgan fingerprint density at radius 3 is 1.84 bits per heavy atom. The Morgan fingerprint density at radius 2 is 1.47 bits per heavy atom. The molecule has 0 atom stereocenters. The zero-order chi connectivity index (χ0) is 15.0. The lowest BCUT2D eigenvalue weighted by molar-refractivity contribution is 0.443. The highest BCUT2D eigenvalue weighted by Gasteiger charge is 2.24. The molecule has 0 aromatic heterocycles. The molecular formula is C18H28O. The van der Waals surface area contributed by atoms with Gasteiger partial charge in [0, 0.05) is 11.1 Å². The first kappa shape index (κ1) is 15.8. The van der Waals surface area contributed by atoms with Crippen molar-refractivity contribution in [2.24, 2.45) is 0 Å². The number of allylic oxidation sites excluding steroid dienone is 1. The van der Waals surface area contributed by atoms with Crippen LogP contribution < -0.4 is 0 Å². The Hall–Kier alpha value is -1.24. The predicted molar refractivity (Wildman–Crippen MR) is 84.8 cm³/mol. The van der Waals surface area contributed by atoms with Crippen LogP contribution in [0.5, 0.6) is 5.75 Å². The molecule has 1 aromatic carbocycles. The van der Waals surface area contributed by atoms with Crippen LogP contribution in [0.25, 0.3) is 6.08 Å². The minimum Gasteiger partial charge on any atom is -0.507 e. The molecule has 0 bridgehead atoms. The average molecular weight is 260 g/mol. The second kappa shape index (κ2) is 5.03. The van der Waals surface area contributed by atoms with Crippen molar-refractivity contribution < 1.29 is 5.11 Å². The molecule has 0 amide bonds. The topological polar surface area (TPSA) is 20.2 Å². The first-order valence-electron chi connectivity index (χ1n) is 6.96. The van der Waals surface area contributed by atoms with Crippen molar-refractivity contribution >= 4 is 6.08 Å². The van der Waals surface area contributed by atoms with Gasteiger partial charge in [0.25, 0.3) is 0 Å². The first-order valence-corrected chi connectivity index (χ1v) is 6.96. The van der Waals surface area contributed by atoms with E-state index in [1.807, 2.05) is 0 Å². The van der Waals surface area contributed by atoms with Gasteiger partial charge in [-0.25, -0.2) is 0 Å². The van der Waals surface area contributed by atoms with Gasteiger partial charge in [-0.15, -0.1) is 0 Å². The molecule has 0 unspecified atom stereocenters. The maximum Gasteiger partial charge on any atom is 0.126 e. The molecule has 0 radical (unpaired) electrons. The smallest absolute Gasteiger partial charge is 0.126 e. The van der Waals surface area contributed by atoms with Crippen LogP contribution in [0.1, 0.15) is 72.1 Å². The molecule has 1 N–H and O–H groups in total. The van der Waals surface area contributed by atoms with E-state index in [9.17, 15) is 5.11 Å². The van der Waals surface area contributed by atoms with Crippen molar-refractivity contribution in [3.8, 4) is 5.75 Å². The Kier molecular flexibility index (Phi) is 4.19. The summed E-state index contributed by atoms with van der Waals surface area (Å²) in [7, 11) is 0. The zero-order valence-corrected chi connectivity index (χ0v) is 13.7. The van der Waals surface area contributed by atoms with Crippen LogP contribution in [0.2, 0.25) is 0 Å². The van der Waals surface area contributed by atoms with Crippen LogP contribution in [0.15, 0.2) is 17.7 Å². The SMILES string of the molecule is CC(C)=Cc1cc(C(C)(C)C)cc(C(C)(C)C)c1O. The standard InChI is InChI=1S/C18H28O/c1-12(2)9-13-10-14(17(3,4)5)11-15(16(13)19)18(6,7)8/h9-11,19H,1-8H3. The minimum absolute atomic E-state index is 0.0599. The van der Waals surface area contributed by atoms with Gasteiger partial charge in [0.2, 0.25) is 0 Å².